The normalized spacial score (nSPS) is 29.8. The monoisotopic (exact) mass is 411 g/mol. The van der Waals surface area contributed by atoms with Crippen molar-refractivity contribution in [1.82, 2.24) is 15.1 Å². The fourth-order valence-corrected chi connectivity index (χ4v) is 5.50. The average molecular weight is 412 g/mol. The Kier molecular flexibility index (Phi) is 5.23. The summed E-state index contributed by atoms with van der Waals surface area (Å²) >= 11 is 0. The Morgan fingerprint density at radius 2 is 1.77 bits per heavy atom. The second kappa shape index (κ2) is 8.02. The Hall–Kier alpha value is -2.41. The van der Waals surface area contributed by atoms with Gasteiger partial charge < -0.3 is 9.64 Å². The van der Waals surface area contributed by atoms with Crippen LogP contribution in [0.15, 0.2) is 18.2 Å². The molecule has 5 rings (SSSR count). The molecular formula is C23H29N3O4. The summed E-state index contributed by atoms with van der Waals surface area (Å²) in [5.41, 5.74) is 1.53. The maximum atomic E-state index is 12.9. The number of carbonyl (C=O) groups is 3. The highest BCUT2D eigenvalue weighted by molar-refractivity contribution is 6.05. The van der Waals surface area contributed by atoms with Gasteiger partial charge in [0.2, 0.25) is 11.8 Å². The fraction of sp³-hybridized carbons (Fsp3) is 0.609. The van der Waals surface area contributed by atoms with E-state index in [0.717, 1.165) is 17.7 Å². The second-order valence-corrected chi connectivity index (χ2v) is 8.97. The number of piperidine rings is 1. The number of rotatable bonds is 4. The van der Waals surface area contributed by atoms with Crippen molar-refractivity contribution in [2.24, 2.45) is 0 Å². The fourth-order valence-electron chi connectivity index (χ4n) is 5.50. The zero-order valence-electron chi connectivity index (χ0n) is 17.3. The lowest BCUT2D eigenvalue weighted by atomic mass is 9.91. The van der Waals surface area contributed by atoms with Crippen LogP contribution in [0.2, 0.25) is 0 Å². The van der Waals surface area contributed by atoms with Crippen molar-refractivity contribution in [3.8, 4) is 5.75 Å². The Morgan fingerprint density at radius 1 is 0.967 bits per heavy atom. The van der Waals surface area contributed by atoms with Crippen LogP contribution in [-0.4, -0.2) is 58.8 Å². The first-order valence-electron chi connectivity index (χ1n) is 11.3. The average Bonchev–Trinajstić information content (AvgIpc) is 3.37. The summed E-state index contributed by atoms with van der Waals surface area (Å²) in [5, 5.41) is 2.35. The molecule has 2 saturated heterocycles. The minimum absolute atomic E-state index is 0.140. The number of nitrogens with zero attached hydrogens (tertiary/aromatic N) is 2. The topological polar surface area (TPSA) is 79.0 Å². The van der Waals surface area contributed by atoms with Crippen molar-refractivity contribution in [3.05, 3.63) is 29.3 Å². The maximum absolute atomic E-state index is 12.9. The summed E-state index contributed by atoms with van der Waals surface area (Å²) in [7, 11) is 0. The highest BCUT2D eigenvalue weighted by atomic mass is 16.5. The van der Waals surface area contributed by atoms with E-state index in [1.807, 2.05) is 18.2 Å². The van der Waals surface area contributed by atoms with Gasteiger partial charge in [0.05, 0.1) is 0 Å². The predicted molar refractivity (Wildman–Crippen MR) is 110 cm³/mol. The van der Waals surface area contributed by atoms with Crippen molar-refractivity contribution in [2.75, 3.05) is 13.1 Å². The largest absolute Gasteiger partial charge is 0.489 e. The summed E-state index contributed by atoms with van der Waals surface area (Å²) in [6.07, 6.45) is 8.12. The predicted octanol–water partition coefficient (Wildman–Crippen LogP) is 2.23. The first-order valence-corrected chi connectivity index (χ1v) is 11.3. The number of hydrogen-bond acceptors (Lipinski definition) is 5. The molecule has 4 aliphatic rings. The minimum Gasteiger partial charge on any atom is -0.489 e. The van der Waals surface area contributed by atoms with Gasteiger partial charge in [0.25, 0.3) is 5.91 Å². The van der Waals surface area contributed by atoms with E-state index in [1.54, 1.807) is 4.90 Å². The van der Waals surface area contributed by atoms with Crippen LogP contribution >= 0.6 is 0 Å². The molecule has 3 fully saturated rings. The van der Waals surface area contributed by atoms with E-state index in [4.69, 9.17) is 4.74 Å². The van der Waals surface area contributed by atoms with Crippen molar-refractivity contribution < 1.29 is 19.1 Å². The standard InChI is InChI=1S/C23H29N3O4/c27-21-10-9-19(22(28)24-21)26-14-15-13-16(7-8-17(15)23(26)29)30-20-6-2-1-5-18(20)25-11-3-4-12-25/h7-8,13,18-20H,1-6,9-12,14H2,(H,24,27,28)/t18-,19?,20-/m0/s1. The Morgan fingerprint density at radius 3 is 2.57 bits per heavy atom. The van der Waals surface area contributed by atoms with Gasteiger partial charge in [-0.1, -0.05) is 6.42 Å². The summed E-state index contributed by atoms with van der Waals surface area (Å²) in [6, 6.07) is 5.59. The molecule has 30 heavy (non-hydrogen) atoms. The summed E-state index contributed by atoms with van der Waals surface area (Å²) in [4.78, 5) is 40.7. The van der Waals surface area contributed by atoms with Gasteiger partial charge in [0, 0.05) is 24.6 Å². The molecule has 1 saturated carbocycles. The first-order chi connectivity index (χ1) is 14.6. The number of nitrogens with one attached hydrogen (secondary N) is 1. The lowest BCUT2D eigenvalue weighted by molar-refractivity contribution is -0.136. The number of benzene rings is 1. The van der Waals surface area contributed by atoms with Gasteiger partial charge >= 0.3 is 0 Å². The molecule has 0 aromatic heterocycles. The summed E-state index contributed by atoms with van der Waals surface area (Å²) < 4.78 is 6.46. The Balaban J connectivity index is 1.30. The molecule has 7 nitrogen and oxygen atoms in total. The van der Waals surface area contributed by atoms with E-state index in [2.05, 4.69) is 10.2 Å². The van der Waals surface area contributed by atoms with Crippen LogP contribution in [0.25, 0.3) is 0 Å². The maximum Gasteiger partial charge on any atom is 0.255 e. The van der Waals surface area contributed by atoms with E-state index in [1.165, 1.54) is 45.2 Å². The SMILES string of the molecule is O=C1CCC(N2Cc3cc(O[C@H]4CCCC[C@@H]4N4CCCC4)ccc3C2=O)C(=O)N1. The highest BCUT2D eigenvalue weighted by Crippen LogP contribution is 2.33. The lowest BCUT2D eigenvalue weighted by Gasteiger charge is -2.37. The highest BCUT2D eigenvalue weighted by Gasteiger charge is 2.39. The summed E-state index contributed by atoms with van der Waals surface area (Å²) in [6.45, 7) is 2.73. The molecule has 3 amide bonds. The molecule has 1 unspecified atom stereocenters. The number of carbonyl (C=O) groups excluding carboxylic acids is 3. The molecule has 3 atom stereocenters. The number of fused-ring (bicyclic) bond motifs is 1. The van der Waals surface area contributed by atoms with Crippen LogP contribution in [-0.2, 0) is 16.1 Å². The molecule has 3 aliphatic heterocycles. The van der Waals surface area contributed by atoms with Gasteiger partial charge in [-0.05, 0) is 75.4 Å². The van der Waals surface area contributed by atoms with Crippen LogP contribution in [0.3, 0.4) is 0 Å². The van der Waals surface area contributed by atoms with Gasteiger partial charge in [-0.3, -0.25) is 24.6 Å². The first kappa shape index (κ1) is 19.5. The van der Waals surface area contributed by atoms with Crippen molar-refractivity contribution in [2.45, 2.75) is 76.1 Å². The third kappa shape index (κ3) is 3.60. The van der Waals surface area contributed by atoms with Crippen molar-refractivity contribution in [3.63, 3.8) is 0 Å². The Bertz CT molecular complexity index is 864. The number of hydrogen-bond donors (Lipinski definition) is 1. The van der Waals surface area contributed by atoms with Crippen LogP contribution < -0.4 is 10.1 Å². The van der Waals surface area contributed by atoms with Gasteiger partial charge in [-0.25, -0.2) is 0 Å². The van der Waals surface area contributed by atoms with E-state index in [-0.39, 0.29) is 30.2 Å². The molecule has 0 spiro atoms. The van der Waals surface area contributed by atoms with Gasteiger partial charge in [0.1, 0.15) is 17.9 Å². The molecule has 0 radical (unpaired) electrons. The van der Waals surface area contributed by atoms with Gasteiger partial charge in [0.15, 0.2) is 0 Å². The van der Waals surface area contributed by atoms with Crippen molar-refractivity contribution in [1.29, 1.82) is 0 Å². The van der Waals surface area contributed by atoms with Crippen LogP contribution in [0.4, 0.5) is 0 Å². The van der Waals surface area contributed by atoms with E-state index >= 15 is 0 Å². The number of imide groups is 1. The number of amides is 3. The molecular weight excluding hydrogens is 382 g/mol. The third-order valence-electron chi connectivity index (χ3n) is 7.06. The van der Waals surface area contributed by atoms with Crippen molar-refractivity contribution >= 4 is 17.7 Å². The molecule has 3 heterocycles. The smallest absolute Gasteiger partial charge is 0.255 e. The van der Waals surface area contributed by atoms with Gasteiger partial charge in [-0.15, -0.1) is 0 Å². The number of likely N-dealkylation sites (tertiary alicyclic amines) is 1. The third-order valence-corrected chi connectivity index (χ3v) is 7.06. The van der Waals surface area contributed by atoms with Gasteiger partial charge in [-0.2, -0.15) is 0 Å². The minimum atomic E-state index is -0.579. The molecule has 1 aliphatic carbocycles. The van der Waals surface area contributed by atoms with Crippen LogP contribution in [0, 0.1) is 0 Å². The Labute approximate surface area is 176 Å². The second-order valence-electron chi connectivity index (χ2n) is 8.97. The lowest BCUT2D eigenvalue weighted by Crippen LogP contribution is -2.52. The summed E-state index contributed by atoms with van der Waals surface area (Å²) in [5.74, 6) is 0.0251. The molecule has 160 valence electrons. The zero-order valence-corrected chi connectivity index (χ0v) is 17.3. The quantitative estimate of drug-likeness (QED) is 0.769. The molecule has 0 bridgehead atoms. The zero-order chi connectivity index (χ0) is 20.7. The van der Waals surface area contributed by atoms with E-state index < -0.39 is 6.04 Å². The molecule has 1 aromatic carbocycles. The van der Waals surface area contributed by atoms with Crippen LogP contribution in [0.1, 0.15) is 67.3 Å². The number of ether oxygens (including phenoxy) is 1. The molecule has 1 aromatic rings. The van der Waals surface area contributed by atoms with Crippen LogP contribution in [0.5, 0.6) is 5.75 Å². The van der Waals surface area contributed by atoms with E-state index in [9.17, 15) is 14.4 Å². The molecule has 7 heteroatoms. The molecule has 1 N–H and O–H groups in total. The van der Waals surface area contributed by atoms with E-state index in [0.29, 0.717) is 24.6 Å².